The van der Waals surface area contributed by atoms with Gasteiger partial charge in [-0.05, 0) is 50.5 Å². The van der Waals surface area contributed by atoms with Gasteiger partial charge in [0.1, 0.15) is 0 Å². The van der Waals surface area contributed by atoms with E-state index in [0.29, 0.717) is 23.9 Å². The lowest BCUT2D eigenvalue weighted by Gasteiger charge is -2.11. The minimum Gasteiger partial charge on any atom is -0.367 e. The molecule has 2 heterocycles. The summed E-state index contributed by atoms with van der Waals surface area (Å²) in [4.78, 5) is 19.1. The van der Waals surface area contributed by atoms with Crippen molar-refractivity contribution in [3.05, 3.63) is 80.8 Å². The molecular formula is C20H26ClN5O2S. The van der Waals surface area contributed by atoms with E-state index < -0.39 is 4.92 Å². The molecule has 2 aromatic rings. The van der Waals surface area contributed by atoms with Crippen LogP contribution in [0.15, 0.2) is 48.5 Å². The number of hydrogen-bond donors (Lipinski definition) is 2. The highest BCUT2D eigenvalue weighted by Gasteiger charge is 2.04. The Morgan fingerprint density at radius 1 is 1.24 bits per heavy atom. The molecule has 0 aliphatic rings. The Hall–Kier alpha value is -2.32. The largest absolute Gasteiger partial charge is 0.367 e. The molecule has 0 saturated heterocycles. The maximum Gasteiger partial charge on any atom is 0.274 e. The van der Waals surface area contributed by atoms with Crippen LogP contribution >= 0.6 is 23.4 Å². The first-order valence-electron chi connectivity index (χ1n) is 9.47. The van der Waals surface area contributed by atoms with Crippen LogP contribution in [0.25, 0.3) is 0 Å². The number of aromatic nitrogens is 2. The molecule has 0 radical (unpaired) electrons. The predicted octanol–water partition coefficient (Wildman–Crippen LogP) is 3.95. The maximum absolute atomic E-state index is 10.8. The number of aryl methyl sites for hydroxylation is 2. The van der Waals surface area contributed by atoms with Crippen molar-refractivity contribution in [3.63, 3.8) is 0 Å². The van der Waals surface area contributed by atoms with E-state index in [1.807, 2.05) is 37.3 Å². The topological polar surface area (TPSA) is 93.0 Å². The minimum atomic E-state index is -0.452. The number of rotatable bonds is 13. The van der Waals surface area contributed by atoms with Crippen LogP contribution in [0.2, 0.25) is 5.02 Å². The summed E-state index contributed by atoms with van der Waals surface area (Å²) in [5, 5.41) is 17.7. The average molecular weight is 436 g/mol. The summed E-state index contributed by atoms with van der Waals surface area (Å²) in [5.74, 6) is 2.08. The van der Waals surface area contributed by atoms with Crippen molar-refractivity contribution in [2.24, 2.45) is 0 Å². The summed E-state index contributed by atoms with van der Waals surface area (Å²) in [6.07, 6.45) is 5.25. The first kappa shape index (κ1) is 23.0. The van der Waals surface area contributed by atoms with Crippen molar-refractivity contribution in [2.45, 2.75) is 31.9 Å². The summed E-state index contributed by atoms with van der Waals surface area (Å²) < 4.78 is 0. The first-order valence-corrected chi connectivity index (χ1v) is 11.0. The Labute approximate surface area is 180 Å². The molecule has 0 fully saturated rings. The Bertz CT molecular complexity index is 819. The van der Waals surface area contributed by atoms with Crippen molar-refractivity contribution >= 4 is 23.4 Å². The molecule has 156 valence electrons. The van der Waals surface area contributed by atoms with E-state index in [4.69, 9.17) is 11.6 Å². The number of hydrogen-bond acceptors (Lipinski definition) is 7. The maximum atomic E-state index is 10.8. The van der Waals surface area contributed by atoms with Crippen LogP contribution in [-0.4, -0.2) is 33.7 Å². The third kappa shape index (κ3) is 9.62. The standard InChI is InChI=1S/C20H26ClN5O2S/c1-16-6-4-7-17(25-16)15-29-13-12-24-20(14-26(27)28)23-10-3-2-9-19-18(21)8-5-11-22-19/h4-8,11,14,23-24H,2-3,9-10,12-13,15H2,1H3. The number of halogens is 1. The van der Waals surface area contributed by atoms with Gasteiger partial charge in [-0.3, -0.25) is 20.1 Å². The molecule has 9 heteroatoms. The molecule has 2 rings (SSSR count). The SMILES string of the molecule is Cc1cccc(CSCCNC(=C[N+](=O)[O-])NCCCCc2ncccc2Cl)n1. The fourth-order valence-electron chi connectivity index (χ4n) is 2.62. The van der Waals surface area contributed by atoms with Crippen LogP contribution in [0.1, 0.15) is 29.9 Å². The molecule has 0 unspecified atom stereocenters. The molecular weight excluding hydrogens is 410 g/mol. The van der Waals surface area contributed by atoms with Gasteiger partial charge in [-0.15, -0.1) is 0 Å². The molecule has 0 amide bonds. The van der Waals surface area contributed by atoms with Gasteiger partial charge in [0.15, 0.2) is 5.82 Å². The third-order valence-corrected chi connectivity index (χ3v) is 5.32. The molecule has 0 aliphatic heterocycles. The molecule has 7 nitrogen and oxygen atoms in total. The molecule has 2 N–H and O–H groups in total. The molecule has 29 heavy (non-hydrogen) atoms. The second kappa shape index (κ2) is 13.0. The van der Waals surface area contributed by atoms with Gasteiger partial charge in [0.05, 0.1) is 21.3 Å². The summed E-state index contributed by atoms with van der Waals surface area (Å²) >= 11 is 7.83. The van der Waals surface area contributed by atoms with E-state index in [0.717, 1.165) is 54.0 Å². The summed E-state index contributed by atoms with van der Waals surface area (Å²) in [7, 11) is 0. The van der Waals surface area contributed by atoms with Crippen LogP contribution in [-0.2, 0) is 12.2 Å². The monoisotopic (exact) mass is 435 g/mol. The molecule has 0 aromatic carbocycles. The highest BCUT2D eigenvalue weighted by atomic mass is 35.5. The lowest BCUT2D eigenvalue weighted by molar-refractivity contribution is -0.404. The summed E-state index contributed by atoms with van der Waals surface area (Å²) in [6, 6.07) is 9.62. The van der Waals surface area contributed by atoms with Crippen LogP contribution < -0.4 is 10.6 Å². The van der Waals surface area contributed by atoms with Gasteiger partial charge in [-0.25, -0.2) is 0 Å². The van der Waals surface area contributed by atoms with E-state index in [9.17, 15) is 10.1 Å². The zero-order valence-corrected chi connectivity index (χ0v) is 18.0. The van der Waals surface area contributed by atoms with E-state index in [-0.39, 0.29) is 0 Å². The van der Waals surface area contributed by atoms with Gasteiger partial charge in [-0.2, -0.15) is 11.8 Å². The second-order valence-corrected chi connectivity index (χ2v) is 7.91. The van der Waals surface area contributed by atoms with Gasteiger partial charge in [0.25, 0.3) is 6.20 Å². The minimum absolute atomic E-state index is 0.431. The van der Waals surface area contributed by atoms with E-state index >= 15 is 0 Å². The lowest BCUT2D eigenvalue weighted by Crippen LogP contribution is -2.29. The Balaban J connectivity index is 1.64. The second-order valence-electron chi connectivity index (χ2n) is 6.39. The molecule has 0 saturated carbocycles. The predicted molar refractivity (Wildman–Crippen MR) is 118 cm³/mol. The van der Waals surface area contributed by atoms with Gasteiger partial charge >= 0.3 is 0 Å². The van der Waals surface area contributed by atoms with Crippen LogP contribution in [0.3, 0.4) is 0 Å². The number of nitro groups is 1. The quantitative estimate of drug-likeness (QED) is 0.279. The van der Waals surface area contributed by atoms with Crippen LogP contribution in [0.5, 0.6) is 0 Å². The molecule has 0 bridgehead atoms. The molecule has 0 aliphatic carbocycles. The Morgan fingerprint density at radius 2 is 2.07 bits per heavy atom. The summed E-state index contributed by atoms with van der Waals surface area (Å²) in [5.41, 5.74) is 2.93. The number of nitrogens with one attached hydrogen (secondary N) is 2. The summed E-state index contributed by atoms with van der Waals surface area (Å²) in [6.45, 7) is 3.24. The van der Waals surface area contributed by atoms with Gasteiger partial charge in [0, 0.05) is 36.5 Å². The number of nitrogens with zero attached hydrogens (tertiary/aromatic N) is 3. The first-order chi connectivity index (χ1) is 14.0. The van der Waals surface area contributed by atoms with E-state index in [2.05, 4.69) is 20.6 Å². The number of pyridine rings is 2. The zero-order valence-electron chi connectivity index (χ0n) is 16.4. The van der Waals surface area contributed by atoms with E-state index in [1.54, 1.807) is 18.0 Å². The van der Waals surface area contributed by atoms with Crippen LogP contribution in [0.4, 0.5) is 0 Å². The zero-order chi connectivity index (χ0) is 20.9. The van der Waals surface area contributed by atoms with Gasteiger partial charge in [-0.1, -0.05) is 17.7 Å². The van der Waals surface area contributed by atoms with Crippen molar-refractivity contribution in [1.82, 2.24) is 20.6 Å². The molecule has 0 spiro atoms. The normalized spacial score (nSPS) is 11.3. The fraction of sp³-hybridized carbons (Fsp3) is 0.400. The third-order valence-electron chi connectivity index (χ3n) is 3.98. The highest BCUT2D eigenvalue weighted by Crippen LogP contribution is 2.14. The van der Waals surface area contributed by atoms with Gasteiger partial charge < -0.3 is 10.6 Å². The molecule has 0 atom stereocenters. The molecule has 2 aromatic heterocycles. The highest BCUT2D eigenvalue weighted by molar-refractivity contribution is 7.98. The average Bonchev–Trinajstić information content (AvgIpc) is 2.68. The Morgan fingerprint density at radius 3 is 2.83 bits per heavy atom. The van der Waals surface area contributed by atoms with Crippen molar-refractivity contribution in [1.29, 1.82) is 0 Å². The van der Waals surface area contributed by atoms with E-state index in [1.165, 1.54) is 0 Å². The number of thioether (sulfide) groups is 1. The smallest absolute Gasteiger partial charge is 0.274 e. The number of unbranched alkanes of at least 4 members (excludes halogenated alkanes) is 1. The van der Waals surface area contributed by atoms with Crippen molar-refractivity contribution < 1.29 is 4.92 Å². The fourth-order valence-corrected chi connectivity index (χ4v) is 3.59. The van der Waals surface area contributed by atoms with Crippen molar-refractivity contribution in [3.8, 4) is 0 Å². The Kier molecular flexibility index (Phi) is 10.3. The van der Waals surface area contributed by atoms with Crippen LogP contribution in [0, 0.1) is 17.0 Å². The lowest BCUT2D eigenvalue weighted by atomic mass is 10.2. The van der Waals surface area contributed by atoms with Gasteiger partial charge in [0.2, 0.25) is 0 Å². The van der Waals surface area contributed by atoms with Crippen molar-refractivity contribution in [2.75, 3.05) is 18.8 Å².